The van der Waals surface area contributed by atoms with Crippen LogP contribution in [0.5, 0.6) is 11.5 Å². The molecule has 0 N–H and O–H groups in total. The van der Waals surface area contributed by atoms with Gasteiger partial charge >= 0.3 is 0 Å². The predicted octanol–water partition coefficient (Wildman–Crippen LogP) is 4.26. The van der Waals surface area contributed by atoms with Crippen molar-refractivity contribution in [3.63, 3.8) is 0 Å². The molecule has 0 atom stereocenters. The van der Waals surface area contributed by atoms with Crippen LogP contribution in [-0.2, 0) is 17.8 Å². The third-order valence-corrected chi connectivity index (χ3v) is 6.53. The lowest BCUT2D eigenvalue weighted by Gasteiger charge is -2.22. The van der Waals surface area contributed by atoms with Crippen LogP contribution in [0.15, 0.2) is 53.9 Å². The van der Waals surface area contributed by atoms with E-state index in [-0.39, 0.29) is 18.1 Å². The minimum atomic E-state index is -0.115. The maximum absolute atomic E-state index is 12.9. The van der Waals surface area contributed by atoms with Crippen LogP contribution in [0.2, 0.25) is 5.15 Å². The Labute approximate surface area is 226 Å². The second kappa shape index (κ2) is 14.3. The van der Waals surface area contributed by atoms with E-state index in [0.29, 0.717) is 47.3 Å². The van der Waals surface area contributed by atoms with Crippen LogP contribution in [-0.4, -0.2) is 65.9 Å². The highest BCUT2D eigenvalue weighted by atomic mass is 35.5. The van der Waals surface area contributed by atoms with Gasteiger partial charge < -0.3 is 19.3 Å². The third kappa shape index (κ3) is 8.51. The number of ether oxygens (including phenoxy) is 2. The van der Waals surface area contributed by atoms with E-state index in [0.717, 1.165) is 17.5 Å². The fourth-order valence-electron chi connectivity index (χ4n) is 3.50. The molecule has 0 fully saturated rings. The van der Waals surface area contributed by atoms with Gasteiger partial charge in [0.25, 0.3) is 0 Å². The maximum atomic E-state index is 12.9. The van der Waals surface area contributed by atoms with Gasteiger partial charge in [0.2, 0.25) is 5.91 Å². The molecule has 3 rings (SSSR count). The summed E-state index contributed by atoms with van der Waals surface area (Å²) in [4.78, 5) is 29.6. The zero-order valence-electron chi connectivity index (χ0n) is 21.1. The quantitative estimate of drug-likeness (QED) is 0.179. The van der Waals surface area contributed by atoms with Crippen LogP contribution in [0.4, 0.5) is 5.82 Å². The van der Waals surface area contributed by atoms with Crippen molar-refractivity contribution in [2.24, 2.45) is 0 Å². The maximum Gasteiger partial charge on any atom is 0.233 e. The molecule has 37 heavy (non-hydrogen) atoms. The number of carbonyl (C=O) groups excluding carboxylic acids is 1. The SMILES string of the molecule is COc1ccc(CCN(C)c2cc(Cl)nc(SCC(=O)N(CCC#N)Cc3cccnc3)n2)cc1OC. The van der Waals surface area contributed by atoms with Crippen LogP contribution in [0.25, 0.3) is 0 Å². The first-order valence-corrected chi connectivity index (χ1v) is 12.9. The zero-order valence-corrected chi connectivity index (χ0v) is 22.6. The Kier molecular flexibility index (Phi) is 10.8. The van der Waals surface area contributed by atoms with Crippen molar-refractivity contribution in [2.45, 2.75) is 24.5 Å². The molecule has 2 aromatic heterocycles. The lowest BCUT2D eigenvalue weighted by molar-refractivity contribution is -0.128. The van der Waals surface area contributed by atoms with E-state index >= 15 is 0 Å². The van der Waals surface area contributed by atoms with E-state index < -0.39 is 0 Å². The van der Waals surface area contributed by atoms with Crippen LogP contribution < -0.4 is 14.4 Å². The molecule has 0 aliphatic rings. The van der Waals surface area contributed by atoms with E-state index in [1.165, 1.54) is 11.8 Å². The number of benzene rings is 1. The number of anilines is 1. The first-order chi connectivity index (χ1) is 17.9. The van der Waals surface area contributed by atoms with Crippen LogP contribution in [0, 0.1) is 11.3 Å². The number of pyridine rings is 1. The Hall–Kier alpha value is -3.55. The molecule has 0 unspecified atom stereocenters. The molecule has 1 aromatic carbocycles. The molecule has 0 aliphatic carbocycles. The number of nitriles is 1. The number of likely N-dealkylation sites (N-methyl/N-ethyl adjacent to an activating group) is 1. The summed E-state index contributed by atoms with van der Waals surface area (Å²) in [6.45, 7) is 1.40. The molecule has 194 valence electrons. The molecule has 0 spiro atoms. The summed E-state index contributed by atoms with van der Waals surface area (Å²) in [5, 5.41) is 9.71. The molecule has 3 aromatic rings. The van der Waals surface area contributed by atoms with Crippen LogP contribution in [0.1, 0.15) is 17.5 Å². The Morgan fingerprint density at radius 1 is 1.11 bits per heavy atom. The average Bonchev–Trinajstić information content (AvgIpc) is 2.92. The average molecular weight is 541 g/mol. The number of hydrogen-bond acceptors (Lipinski definition) is 9. The van der Waals surface area contributed by atoms with Crippen LogP contribution in [0.3, 0.4) is 0 Å². The number of methoxy groups -OCH3 is 2. The van der Waals surface area contributed by atoms with E-state index in [4.69, 9.17) is 26.3 Å². The Bertz CT molecular complexity index is 1220. The van der Waals surface area contributed by atoms with Crippen molar-refractivity contribution in [1.29, 1.82) is 5.26 Å². The van der Waals surface area contributed by atoms with Gasteiger partial charge in [-0.15, -0.1) is 0 Å². The number of hydrogen-bond donors (Lipinski definition) is 0. The van der Waals surface area contributed by atoms with Gasteiger partial charge in [0.05, 0.1) is 32.5 Å². The second-order valence-electron chi connectivity index (χ2n) is 8.07. The van der Waals surface area contributed by atoms with Crippen molar-refractivity contribution in [2.75, 3.05) is 45.0 Å². The van der Waals surface area contributed by atoms with E-state index in [2.05, 4.69) is 21.0 Å². The van der Waals surface area contributed by atoms with Gasteiger partial charge in [0.1, 0.15) is 11.0 Å². The first kappa shape index (κ1) is 28.0. The van der Waals surface area contributed by atoms with Gasteiger partial charge in [-0.3, -0.25) is 9.78 Å². The van der Waals surface area contributed by atoms with E-state index in [1.807, 2.05) is 42.3 Å². The number of thioether (sulfide) groups is 1. The molecule has 2 heterocycles. The summed E-state index contributed by atoms with van der Waals surface area (Å²) < 4.78 is 10.7. The highest BCUT2D eigenvalue weighted by molar-refractivity contribution is 7.99. The van der Waals surface area contributed by atoms with Crippen molar-refractivity contribution >= 4 is 35.1 Å². The molecule has 0 bridgehead atoms. The van der Waals surface area contributed by atoms with Gasteiger partial charge in [0.15, 0.2) is 16.7 Å². The van der Waals surface area contributed by atoms with E-state index in [1.54, 1.807) is 37.6 Å². The highest BCUT2D eigenvalue weighted by Gasteiger charge is 2.16. The molecule has 1 amide bonds. The van der Waals surface area contributed by atoms with Crippen molar-refractivity contribution < 1.29 is 14.3 Å². The highest BCUT2D eigenvalue weighted by Crippen LogP contribution is 2.28. The monoisotopic (exact) mass is 540 g/mol. The number of rotatable bonds is 13. The Balaban J connectivity index is 1.62. The zero-order chi connectivity index (χ0) is 26.6. The van der Waals surface area contributed by atoms with Crippen LogP contribution >= 0.6 is 23.4 Å². The summed E-state index contributed by atoms with van der Waals surface area (Å²) in [6.07, 6.45) is 4.39. The fraction of sp³-hybridized carbons (Fsp3) is 0.346. The number of halogens is 1. The lowest BCUT2D eigenvalue weighted by Crippen LogP contribution is -2.33. The minimum Gasteiger partial charge on any atom is -0.493 e. The third-order valence-electron chi connectivity index (χ3n) is 5.50. The van der Waals surface area contributed by atoms with Gasteiger partial charge in [-0.25, -0.2) is 9.97 Å². The Morgan fingerprint density at radius 3 is 2.62 bits per heavy atom. The molecule has 0 saturated carbocycles. The fourth-order valence-corrected chi connectivity index (χ4v) is 4.48. The van der Waals surface area contributed by atoms with E-state index in [9.17, 15) is 4.79 Å². The number of carbonyl (C=O) groups is 1. The number of aromatic nitrogens is 3. The first-order valence-electron chi connectivity index (χ1n) is 11.6. The van der Waals surface area contributed by atoms with Gasteiger partial charge in [0, 0.05) is 45.1 Å². The summed E-state index contributed by atoms with van der Waals surface area (Å²) in [5.74, 6) is 2.04. The van der Waals surface area contributed by atoms with Gasteiger partial charge in [-0.2, -0.15) is 5.26 Å². The minimum absolute atomic E-state index is 0.115. The molecule has 0 saturated heterocycles. The normalized spacial score (nSPS) is 10.5. The topological polar surface area (TPSA) is 104 Å². The summed E-state index contributed by atoms with van der Waals surface area (Å²) >= 11 is 7.49. The molecule has 0 radical (unpaired) electrons. The molecule has 11 heteroatoms. The lowest BCUT2D eigenvalue weighted by atomic mass is 10.1. The summed E-state index contributed by atoms with van der Waals surface area (Å²) in [6, 6.07) is 13.4. The standard InChI is InChI=1S/C26H29ClN6O3S/c1-32(13-9-19-7-8-21(35-2)22(14-19)36-3)24-15-23(27)30-26(31-24)37-18-25(34)33(12-5-10-28)17-20-6-4-11-29-16-20/h4,6-8,11,14-16H,5,9,12-13,17-18H2,1-3H3. The molecule has 9 nitrogen and oxygen atoms in total. The summed E-state index contributed by atoms with van der Waals surface area (Å²) in [7, 11) is 5.15. The van der Waals surface area contributed by atoms with Crippen molar-refractivity contribution in [1.82, 2.24) is 19.9 Å². The molecule has 0 aliphatic heterocycles. The molecular weight excluding hydrogens is 512 g/mol. The Morgan fingerprint density at radius 2 is 1.92 bits per heavy atom. The number of nitrogens with zero attached hydrogens (tertiary/aromatic N) is 6. The summed E-state index contributed by atoms with van der Waals surface area (Å²) in [5.41, 5.74) is 1.99. The molecular formula is C26H29ClN6O3S. The van der Waals surface area contributed by atoms with Crippen molar-refractivity contribution in [3.05, 3.63) is 65.1 Å². The predicted molar refractivity (Wildman–Crippen MR) is 144 cm³/mol. The van der Waals surface area contributed by atoms with Crippen molar-refractivity contribution in [3.8, 4) is 17.6 Å². The largest absolute Gasteiger partial charge is 0.493 e. The van der Waals surface area contributed by atoms with Gasteiger partial charge in [-0.05, 0) is 35.7 Å². The smallest absolute Gasteiger partial charge is 0.233 e. The number of amides is 1. The van der Waals surface area contributed by atoms with Gasteiger partial charge in [-0.1, -0.05) is 35.5 Å². The second-order valence-corrected chi connectivity index (χ2v) is 9.40.